The minimum Gasteiger partial charge on any atom is -0.480 e. The van der Waals surface area contributed by atoms with Gasteiger partial charge in [-0.1, -0.05) is 12.2 Å². The monoisotopic (exact) mass is 169 g/mol. The highest BCUT2D eigenvalue weighted by atomic mass is 16.4. The fraction of sp³-hybridized carbons (Fsp3) is 0.667. The van der Waals surface area contributed by atoms with Crippen molar-refractivity contribution in [1.82, 2.24) is 4.90 Å². The summed E-state index contributed by atoms with van der Waals surface area (Å²) < 4.78 is 0. The fourth-order valence-electron chi connectivity index (χ4n) is 1.57. The summed E-state index contributed by atoms with van der Waals surface area (Å²) in [5.41, 5.74) is 0. The van der Waals surface area contributed by atoms with Gasteiger partial charge >= 0.3 is 5.97 Å². The molecule has 1 rings (SSSR count). The Morgan fingerprint density at radius 3 is 3.08 bits per heavy atom. The number of rotatable bonds is 3. The molecule has 0 radical (unpaired) electrons. The van der Waals surface area contributed by atoms with Crippen molar-refractivity contribution in [2.24, 2.45) is 0 Å². The normalized spacial score (nSPS) is 25.2. The van der Waals surface area contributed by atoms with Gasteiger partial charge in [0, 0.05) is 6.54 Å². The molecule has 1 fully saturated rings. The number of hydrogen-bond donors (Lipinski definition) is 1. The summed E-state index contributed by atoms with van der Waals surface area (Å²) in [6.45, 7) is 3.64. The van der Waals surface area contributed by atoms with Crippen LogP contribution in [0.5, 0.6) is 0 Å². The van der Waals surface area contributed by atoms with Gasteiger partial charge in [0.2, 0.25) is 0 Å². The first-order valence-electron chi connectivity index (χ1n) is 4.33. The van der Waals surface area contributed by atoms with Gasteiger partial charge in [-0.2, -0.15) is 0 Å². The largest absolute Gasteiger partial charge is 0.480 e. The van der Waals surface area contributed by atoms with Crippen LogP contribution in [0.4, 0.5) is 0 Å². The van der Waals surface area contributed by atoms with Gasteiger partial charge in [-0.3, -0.25) is 9.69 Å². The second-order valence-corrected chi connectivity index (χ2v) is 3.06. The number of likely N-dealkylation sites (tertiary alicyclic amines) is 1. The maximum atomic E-state index is 10.7. The molecule has 0 aromatic heterocycles. The molecule has 1 atom stereocenters. The lowest BCUT2D eigenvalue weighted by atomic mass is 10.2. The third kappa shape index (κ3) is 2.08. The van der Waals surface area contributed by atoms with Gasteiger partial charge in [-0.25, -0.2) is 0 Å². The van der Waals surface area contributed by atoms with Crippen molar-refractivity contribution in [3.8, 4) is 0 Å². The maximum Gasteiger partial charge on any atom is 0.320 e. The number of allylic oxidation sites excluding steroid dienone is 1. The average Bonchev–Trinajstić information content (AvgIpc) is 2.48. The van der Waals surface area contributed by atoms with Crippen LogP contribution in [-0.4, -0.2) is 35.1 Å². The zero-order valence-electron chi connectivity index (χ0n) is 7.36. The molecule has 3 nitrogen and oxygen atoms in total. The topological polar surface area (TPSA) is 40.5 Å². The zero-order valence-corrected chi connectivity index (χ0v) is 7.36. The van der Waals surface area contributed by atoms with Crippen molar-refractivity contribution >= 4 is 5.97 Å². The lowest BCUT2D eigenvalue weighted by Crippen LogP contribution is -2.35. The molecule has 0 spiro atoms. The molecule has 0 bridgehead atoms. The summed E-state index contributed by atoms with van der Waals surface area (Å²) in [4.78, 5) is 12.7. The van der Waals surface area contributed by atoms with Crippen molar-refractivity contribution in [3.05, 3.63) is 12.2 Å². The number of carboxylic acids is 1. The Kier molecular flexibility index (Phi) is 3.29. The van der Waals surface area contributed by atoms with Crippen LogP contribution in [0.15, 0.2) is 12.2 Å². The number of carbonyl (C=O) groups is 1. The molecule has 1 heterocycles. The van der Waals surface area contributed by atoms with Crippen molar-refractivity contribution in [2.45, 2.75) is 25.8 Å². The minimum absolute atomic E-state index is 0.249. The number of hydrogen-bond acceptors (Lipinski definition) is 2. The summed E-state index contributed by atoms with van der Waals surface area (Å²) in [5, 5.41) is 8.82. The molecule has 1 aliphatic rings. The Bertz CT molecular complexity index is 189. The van der Waals surface area contributed by atoms with Gasteiger partial charge in [0.1, 0.15) is 6.04 Å². The summed E-state index contributed by atoms with van der Waals surface area (Å²) >= 11 is 0. The first-order chi connectivity index (χ1) is 5.75. The van der Waals surface area contributed by atoms with Crippen LogP contribution in [0.2, 0.25) is 0 Å². The van der Waals surface area contributed by atoms with Crippen LogP contribution >= 0.6 is 0 Å². The van der Waals surface area contributed by atoms with E-state index in [0.29, 0.717) is 0 Å². The Balaban J connectivity index is 2.46. The second-order valence-electron chi connectivity index (χ2n) is 3.06. The Morgan fingerprint density at radius 2 is 2.50 bits per heavy atom. The van der Waals surface area contributed by atoms with E-state index in [4.69, 9.17) is 5.11 Å². The minimum atomic E-state index is -0.683. The van der Waals surface area contributed by atoms with Gasteiger partial charge in [-0.15, -0.1) is 0 Å². The van der Waals surface area contributed by atoms with E-state index < -0.39 is 5.97 Å². The quantitative estimate of drug-likeness (QED) is 0.643. The van der Waals surface area contributed by atoms with E-state index in [1.807, 2.05) is 24.0 Å². The van der Waals surface area contributed by atoms with E-state index in [1.165, 1.54) is 0 Å². The van der Waals surface area contributed by atoms with E-state index in [-0.39, 0.29) is 6.04 Å². The van der Waals surface area contributed by atoms with Crippen LogP contribution in [0.1, 0.15) is 19.8 Å². The van der Waals surface area contributed by atoms with E-state index >= 15 is 0 Å². The Morgan fingerprint density at radius 1 is 1.75 bits per heavy atom. The van der Waals surface area contributed by atoms with Crippen molar-refractivity contribution < 1.29 is 9.90 Å². The molecule has 12 heavy (non-hydrogen) atoms. The third-order valence-electron chi connectivity index (χ3n) is 2.22. The lowest BCUT2D eigenvalue weighted by Gasteiger charge is -2.18. The van der Waals surface area contributed by atoms with Gasteiger partial charge < -0.3 is 5.11 Å². The van der Waals surface area contributed by atoms with E-state index in [2.05, 4.69) is 0 Å². The summed E-state index contributed by atoms with van der Waals surface area (Å²) in [6, 6.07) is -0.249. The maximum absolute atomic E-state index is 10.7. The van der Waals surface area contributed by atoms with Gasteiger partial charge in [-0.05, 0) is 26.3 Å². The molecular formula is C9H15NO2. The van der Waals surface area contributed by atoms with Crippen LogP contribution in [0.3, 0.4) is 0 Å². The van der Waals surface area contributed by atoms with Gasteiger partial charge in [0.05, 0.1) is 0 Å². The summed E-state index contributed by atoms with van der Waals surface area (Å²) in [7, 11) is 0. The Hall–Kier alpha value is -0.830. The highest BCUT2D eigenvalue weighted by Gasteiger charge is 2.28. The molecule has 1 saturated heterocycles. The molecule has 0 aliphatic carbocycles. The number of nitrogens with zero attached hydrogens (tertiary/aromatic N) is 1. The SMILES string of the molecule is C/C=C/CN1CCCC1C(=O)O. The van der Waals surface area contributed by atoms with Crippen molar-refractivity contribution in [2.75, 3.05) is 13.1 Å². The molecule has 3 heteroatoms. The smallest absolute Gasteiger partial charge is 0.320 e. The molecular weight excluding hydrogens is 154 g/mol. The van der Waals surface area contributed by atoms with Gasteiger partial charge in [0.25, 0.3) is 0 Å². The predicted molar refractivity (Wildman–Crippen MR) is 47.0 cm³/mol. The summed E-state index contributed by atoms with van der Waals surface area (Å²) in [5.74, 6) is -0.683. The zero-order chi connectivity index (χ0) is 8.97. The van der Waals surface area contributed by atoms with Crippen LogP contribution in [-0.2, 0) is 4.79 Å². The highest BCUT2D eigenvalue weighted by Crippen LogP contribution is 2.16. The Labute approximate surface area is 72.7 Å². The molecule has 1 N–H and O–H groups in total. The van der Waals surface area contributed by atoms with E-state index in [1.54, 1.807) is 0 Å². The first kappa shape index (κ1) is 9.26. The number of carboxylic acid groups (broad SMARTS) is 1. The molecule has 0 saturated carbocycles. The molecule has 1 unspecified atom stereocenters. The van der Waals surface area contributed by atoms with Crippen molar-refractivity contribution in [3.63, 3.8) is 0 Å². The fourth-order valence-corrected chi connectivity index (χ4v) is 1.57. The second kappa shape index (κ2) is 4.26. The number of aliphatic carboxylic acids is 1. The lowest BCUT2D eigenvalue weighted by molar-refractivity contribution is -0.141. The molecule has 1 aliphatic heterocycles. The summed E-state index contributed by atoms with van der Waals surface area (Å²) in [6.07, 6.45) is 5.76. The third-order valence-corrected chi connectivity index (χ3v) is 2.22. The van der Waals surface area contributed by atoms with Crippen LogP contribution < -0.4 is 0 Å². The molecule has 0 aromatic rings. The average molecular weight is 169 g/mol. The first-order valence-corrected chi connectivity index (χ1v) is 4.33. The van der Waals surface area contributed by atoms with Crippen LogP contribution in [0.25, 0.3) is 0 Å². The van der Waals surface area contributed by atoms with Crippen LogP contribution in [0, 0.1) is 0 Å². The highest BCUT2D eigenvalue weighted by molar-refractivity contribution is 5.73. The molecule has 68 valence electrons. The van der Waals surface area contributed by atoms with Crippen molar-refractivity contribution in [1.29, 1.82) is 0 Å². The molecule has 0 amide bonds. The standard InChI is InChI=1S/C9H15NO2/c1-2-3-6-10-7-4-5-8(10)9(11)12/h2-3,8H,4-7H2,1H3,(H,11,12)/b3-2+. The van der Waals surface area contributed by atoms with Gasteiger partial charge in [0.15, 0.2) is 0 Å². The van der Waals surface area contributed by atoms with E-state index in [0.717, 1.165) is 25.9 Å². The predicted octanol–water partition coefficient (Wildman–Crippen LogP) is 1.11. The van der Waals surface area contributed by atoms with E-state index in [9.17, 15) is 4.79 Å². The molecule has 0 aromatic carbocycles.